The minimum atomic E-state index is -4.46. The Kier molecular flexibility index (Phi) is 6.40. The van der Waals surface area contributed by atoms with Crippen LogP contribution < -0.4 is 10.6 Å². The van der Waals surface area contributed by atoms with Gasteiger partial charge in [0.1, 0.15) is 5.84 Å². The van der Waals surface area contributed by atoms with E-state index in [1.807, 2.05) is 4.90 Å². The van der Waals surface area contributed by atoms with Gasteiger partial charge in [-0.1, -0.05) is 12.1 Å². The molecule has 0 atom stereocenters. The zero-order chi connectivity index (χ0) is 21.7. The Balaban J connectivity index is 1.86. The van der Waals surface area contributed by atoms with Gasteiger partial charge in [-0.2, -0.15) is 18.2 Å². The van der Waals surface area contributed by atoms with Gasteiger partial charge >= 0.3 is 6.18 Å². The van der Waals surface area contributed by atoms with Crippen LogP contribution in [0.1, 0.15) is 11.1 Å². The van der Waals surface area contributed by atoms with E-state index in [4.69, 9.17) is 15.9 Å². The Morgan fingerprint density at radius 1 is 1.20 bits per heavy atom. The van der Waals surface area contributed by atoms with Gasteiger partial charge in [0, 0.05) is 24.9 Å². The first kappa shape index (κ1) is 21.4. The highest BCUT2D eigenvalue weighted by molar-refractivity contribution is 6.15. The van der Waals surface area contributed by atoms with Crippen LogP contribution >= 0.6 is 0 Å². The summed E-state index contributed by atoms with van der Waals surface area (Å²) in [5.41, 5.74) is 5.57. The summed E-state index contributed by atoms with van der Waals surface area (Å²) in [4.78, 5) is 13.8. The fourth-order valence-corrected chi connectivity index (χ4v) is 2.72. The molecule has 30 heavy (non-hydrogen) atoms. The van der Waals surface area contributed by atoms with Crippen molar-refractivity contribution in [1.29, 1.82) is 5.41 Å². The molecule has 158 valence electrons. The molecule has 0 unspecified atom stereocenters. The molecule has 0 saturated carbocycles. The van der Waals surface area contributed by atoms with Crippen molar-refractivity contribution in [1.82, 2.24) is 9.97 Å². The van der Waals surface area contributed by atoms with Gasteiger partial charge in [0.2, 0.25) is 5.95 Å². The summed E-state index contributed by atoms with van der Waals surface area (Å²) in [6, 6.07) is 4.24. The van der Waals surface area contributed by atoms with Crippen LogP contribution in [0.3, 0.4) is 0 Å². The van der Waals surface area contributed by atoms with Crippen LogP contribution in [-0.4, -0.2) is 48.3 Å². The molecule has 0 radical (unpaired) electrons. The molecule has 1 aromatic carbocycles. The lowest BCUT2D eigenvalue weighted by Crippen LogP contribution is -2.37. The molecule has 1 aliphatic rings. The molecule has 3 rings (SSSR count). The van der Waals surface area contributed by atoms with E-state index in [-0.39, 0.29) is 23.2 Å². The predicted molar refractivity (Wildman–Crippen MR) is 105 cm³/mol. The maximum atomic E-state index is 14.1. The molecule has 1 aromatic heterocycles. The van der Waals surface area contributed by atoms with Crippen LogP contribution in [0.15, 0.2) is 41.5 Å². The fourth-order valence-electron chi connectivity index (χ4n) is 2.72. The van der Waals surface area contributed by atoms with E-state index in [0.717, 1.165) is 24.5 Å². The Morgan fingerprint density at radius 2 is 1.87 bits per heavy atom. The van der Waals surface area contributed by atoms with Gasteiger partial charge in [-0.25, -0.2) is 14.4 Å². The average Bonchev–Trinajstić information content (AvgIpc) is 2.73. The molecule has 0 bridgehead atoms. The number of anilines is 1. The minimum absolute atomic E-state index is 0.168. The molecule has 2 aromatic rings. The van der Waals surface area contributed by atoms with Crippen molar-refractivity contribution in [2.75, 3.05) is 31.2 Å². The lowest BCUT2D eigenvalue weighted by Gasteiger charge is -2.26. The van der Waals surface area contributed by atoms with Crippen molar-refractivity contribution in [3.05, 3.63) is 53.5 Å². The second-order valence-corrected chi connectivity index (χ2v) is 6.30. The maximum Gasteiger partial charge on any atom is 0.416 e. The Morgan fingerprint density at radius 3 is 2.47 bits per heavy atom. The smallest absolute Gasteiger partial charge is 0.384 e. The Bertz CT molecular complexity index is 966. The topological polar surface area (TPSA) is 100 Å². The van der Waals surface area contributed by atoms with Crippen LogP contribution in [0.25, 0.3) is 5.57 Å². The van der Waals surface area contributed by atoms with Crippen molar-refractivity contribution in [3.8, 4) is 0 Å². The highest BCUT2D eigenvalue weighted by Gasteiger charge is 2.30. The average molecular weight is 422 g/mol. The van der Waals surface area contributed by atoms with E-state index in [1.165, 1.54) is 18.2 Å². The van der Waals surface area contributed by atoms with E-state index >= 15 is 0 Å². The number of ether oxygens (including phenoxy) is 1. The number of benzene rings is 1. The summed E-state index contributed by atoms with van der Waals surface area (Å²) in [5, 5.41) is 7.51. The monoisotopic (exact) mass is 422 g/mol. The highest BCUT2D eigenvalue weighted by Crippen LogP contribution is 2.30. The molecule has 11 heteroatoms. The van der Waals surface area contributed by atoms with Gasteiger partial charge < -0.3 is 20.8 Å². The van der Waals surface area contributed by atoms with Crippen LogP contribution in [0, 0.1) is 11.2 Å². The number of allylic oxidation sites excluding steroid dienone is 1. The molecule has 0 amide bonds. The molecule has 1 aliphatic heterocycles. The van der Waals surface area contributed by atoms with Gasteiger partial charge in [0.25, 0.3) is 0 Å². The third-order valence-electron chi connectivity index (χ3n) is 4.25. The van der Waals surface area contributed by atoms with Gasteiger partial charge in [-0.15, -0.1) is 0 Å². The summed E-state index contributed by atoms with van der Waals surface area (Å²) in [5.74, 6) is -0.949. The summed E-state index contributed by atoms with van der Waals surface area (Å²) in [6.07, 6.45) is -1.30. The van der Waals surface area contributed by atoms with Crippen molar-refractivity contribution < 1.29 is 22.3 Å². The molecule has 1 saturated heterocycles. The lowest BCUT2D eigenvalue weighted by atomic mass is 10.0. The summed E-state index contributed by atoms with van der Waals surface area (Å²) < 4.78 is 57.5. The van der Waals surface area contributed by atoms with Gasteiger partial charge in [-0.05, 0) is 23.8 Å². The normalized spacial score (nSPS) is 15.9. The molecule has 0 spiro atoms. The van der Waals surface area contributed by atoms with Crippen LogP contribution in [0.5, 0.6) is 0 Å². The molecule has 7 nitrogen and oxygen atoms in total. The van der Waals surface area contributed by atoms with E-state index < -0.39 is 17.6 Å². The molecular weight excluding hydrogens is 404 g/mol. The number of aromatic nitrogens is 2. The van der Waals surface area contributed by atoms with Crippen molar-refractivity contribution in [2.45, 2.75) is 6.18 Å². The number of halogens is 4. The zero-order valence-electron chi connectivity index (χ0n) is 15.7. The fraction of sp³-hybridized carbons (Fsp3) is 0.263. The van der Waals surface area contributed by atoms with E-state index in [9.17, 15) is 17.6 Å². The van der Waals surface area contributed by atoms with Crippen LogP contribution in [0.2, 0.25) is 0 Å². The minimum Gasteiger partial charge on any atom is -0.384 e. The SMILES string of the molecule is N=C/C(=C\C(N)=Nc1nc(N2CCOCC2)ncc1F)c1ccc(C(F)(F)F)cc1. The predicted octanol–water partition coefficient (Wildman–Crippen LogP) is 3.19. The number of nitrogens with one attached hydrogen (secondary N) is 1. The number of alkyl halides is 3. The van der Waals surface area contributed by atoms with Crippen molar-refractivity contribution >= 4 is 29.4 Å². The van der Waals surface area contributed by atoms with Gasteiger partial charge in [0.05, 0.1) is 25.0 Å². The molecule has 1 fully saturated rings. The standard InChI is InChI=1S/C19H18F4N6O/c20-15-11-26-18(29-5-7-30-8-6-29)28-17(15)27-16(25)9-13(10-24)12-1-3-14(4-2-12)19(21,22)23/h1-4,9-11,24H,5-8H2,(H2,25,26,27,28)/b13-9+,24-10?. The third-order valence-corrected chi connectivity index (χ3v) is 4.25. The summed E-state index contributed by atoms with van der Waals surface area (Å²) in [7, 11) is 0. The second kappa shape index (κ2) is 8.99. The lowest BCUT2D eigenvalue weighted by molar-refractivity contribution is -0.137. The number of morpholine rings is 1. The number of aliphatic imine (C=N–C) groups is 1. The summed E-state index contributed by atoms with van der Waals surface area (Å²) >= 11 is 0. The Labute approximate surface area is 169 Å². The van der Waals surface area contributed by atoms with E-state index in [0.29, 0.717) is 31.9 Å². The first-order valence-electron chi connectivity index (χ1n) is 8.87. The van der Waals surface area contributed by atoms with Gasteiger partial charge in [-0.3, -0.25) is 0 Å². The molecule has 3 N–H and O–H groups in total. The highest BCUT2D eigenvalue weighted by atomic mass is 19.4. The number of hydrogen-bond donors (Lipinski definition) is 2. The number of hydrogen-bond acceptors (Lipinski definition) is 6. The molecular formula is C19H18F4N6O. The number of amidine groups is 1. The molecule has 2 heterocycles. The quantitative estimate of drug-likeness (QED) is 0.438. The van der Waals surface area contributed by atoms with Gasteiger partial charge in [0.15, 0.2) is 11.6 Å². The molecule has 0 aliphatic carbocycles. The first-order valence-corrected chi connectivity index (χ1v) is 8.87. The van der Waals surface area contributed by atoms with Crippen molar-refractivity contribution in [3.63, 3.8) is 0 Å². The first-order chi connectivity index (χ1) is 14.3. The number of nitrogens with zero attached hydrogens (tertiary/aromatic N) is 4. The van der Waals surface area contributed by atoms with Crippen LogP contribution in [0.4, 0.5) is 29.3 Å². The number of rotatable bonds is 5. The van der Waals surface area contributed by atoms with E-state index in [2.05, 4.69) is 15.0 Å². The second-order valence-electron chi connectivity index (χ2n) is 6.30. The van der Waals surface area contributed by atoms with E-state index in [1.54, 1.807) is 0 Å². The Hall–Kier alpha value is -3.34. The van der Waals surface area contributed by atoms with Crippen molar-refractivity contribution in [2.24, 2.45) is 10.7 Å². The largest absolute Gasteiger partial charge is 0.416 e. The number of nitrogens with two attached hydrogens (primary N) is 1. The summed E-state index contributed by atoms with van der Waals surface area (Å²) in [6.45, 7) is 2.10. The third kappa shape index (κ3) is 5.17. The maximum absolute atomic E-state index is 14.1. The van der Waals surface area contributed by atoms with Crippen LogP contribution in [-0.2, 0) is 10.9 Å². The zero-order valence-corrected chi connectivity index (χ0v) is 15.7.